The molecule has 1 atom stereocenters. The molecule has 0 saturated carbocycles. The Labute approximate surface area is 186 Å². The SMILES string of the molecule is CC1=C2NOC(Nc3ccc(C)c(OC(C)(C)C#N)c3)(N=C1)N2c1ccc2c(c1)NCO2. The molecule has 164 valence electrons. The summed E-state index contributed by atoms with van der Waals surface area (Å²) in [5.41, 5.74) is 6.44. The predicted molar refractivity (Wildman–Crippen MR) is 121 cm³/mol. The number of nitriles is 1. The molecule has 0 aliphatic carbocycles. The van der Waals surface area contributed by atoms with Gasteiger partial charge in [-0.3, -0.25) is 4.90 Å². The molecule has 5 rings (SSSR count). The lowest BCUT2D eigenvalue weighted by atomic mass is 10.1. The number of anilines is 3. The average molecular weight is 432 g/mol. The fourth-order valence-corrected chi connectivity index (χ4v) is 3.75. The Kier molecular flexibility index (Phi) is 4.42. The van der Waals surface area contributed by atoms with E-state index in [-0.39, 0.29) is 0 Å². The average Bonchev–Trinajstić information content (AvgIpc) is 3.35. The van der Waals surface area contributed by atoms with Crippen LogP contribution in [0.3, 0.4) is 0 Å². The summed E-state index contributed by atoms with van der Waals surface area (Å²) in [6, 6.07) is 13.8. The van der Waals surface area contributed by atoms with Gasteiger partial charge in [-0.05, 0) is 57.5 Å². The largest absolute Gasteiger partial charge is 0.473 e. The van der Waals surface area contributed by atoms with Gasteiger partial charge in [0.2, 0.25) is 0 Å². The third-order valence-corrected chi connectivity index (χ3v) is 5.46. The maximum Gasteiger partial charge on any atom is 0.351 e. The van der Waals surface area contributed by atoms with Gasteiger partial charge in [0.15, 0.2) is 12.3 Å². The number of fused-ring (bicyclic) bond motifs is 3. The Hall–Kier alpha value is -3.90. The zero-order valence-electron chi connectivity index (χ0n) is 18.3. The number of hydrogen-bond acceptors (Lipinski definition) is 9. The fourth-order valence-electron chi connectivity index (χ4n) is 3.75. The van der Waals surface area contributed by atoms with Crippen LogP contribution in [0.5, 0.6) is 11.5 Å². The number of benzene rings is 2. The van der Waals surface area contributed by atoms with Crippen LogP contribution in [0.4, 0.5) is 17.1 Å². The molecule has 0 spiro atoms. The van der Waals surface area contributed by atoms with Gasteiger partial charge in [0.1, 0.15) is 23.4 Å². The van der Waals surface area contributed by atoms with Crippen molar-refractivity contribution in [3.05, 3.63) is 53.4 Å². The first-order chi connectivity index (χ1) is 15.3. The Bertz CT molecular complexity index is 1200. The molecule has 3 heterocycles. The third kappa shape index (κ3) is 3.25. The first-order valence-corrected chi connectivity index (χ1v) is 10.3. The lowest BCUT2D eigenvalue weighted by molar-refractivity contribution is -0.0214. The molecule has 0 amide bonds. The first kappa shape index (κ1) is 20.0. The van der Waals surface area contributed by atoms with Crippen LogP contribution >= 0.6 is 0 Å². The summed E-state index contributed by atoms with van der Waals surface area (Å²) in [6.07, 6.45) is 1.78. The van der Waals surface area contributed by atoms with Gasteiger partial charge >= 0.3 is 5.97 Å². The minimum Gasteiger partial charge on any atom is -0.473 e. The van der Waals surface area contributed by atoms with Crippen LogP contribution < -0.4 is 30.5 Å². The minimum atomic E-state index is -1.24. The summed E-state index contributed by atoms with van der Waals surface area (Å²) < 4.78 is 11.5. The van der Waals surface area contributed by atoms with E-state index < -0.39 is 11.6 Å². The molecule has 3 N–H and O–H groups in total. The van der Waals surface area contributed by atoms with Crippen LogP contribution in [0.25, 0.3) is 0 Å². The zero-order chi connectivity index (χ0) is 22.5. The van der Waals surface area contributed by atoms with Crippen molar-refractivity contribution in [2.75, 3.05) is 22.3 Å². The minimum absolute atomic E-state index is 0.446. The predicted octanol–water partition coefficient (Wildman–Crippen LogP) is 3.82. The van der Waals surface area contributed by atoms with Crippen molar-refractivity contribution in [2.45, 2.75) is 39.3 Å². The molecule has 2 bridgehead atoms. The number of ether oxygens (including phenoxy) is 2. The van der Waals surface area contributed by atoms with Gasteiger partial charge in [-0.15, -0.1) is 0 Å². The van der Waals surface area contributed by atoms with Crippen molar-refractivity contribution < 1.29 is 14.3 Å². The monoisotopic (exact) mass is 432 g/mol. The molecule has 3 aliphatic heterocycles. The van der Waals surface area contributed by atoms with E-state index in [1.165, 1.54) is 0 Å². The molecular weight excluding hydrogens is 408 g/mol. The molecule has 0 radical (unpaired) electrons. The molecule has 1 fully saturated rings. The number of aryl methyl sites for hydroxylation is 1. The van der Waals surface area contributed by atoms with Gasteiger partial charge in [0, 0.05) is 23.5 Å². The molecular formula is C23H24N6O3. The van der Waals surface area contributed by atoms with Crippen molar-refractivity contribution >= 4 is 23.3 Å². The van der Waals surface area contributed by atoms with Crippen LogP contribution in [-0.2, 0) is 4.84 Å². The van der Waals surface area contributed by atoms with Crippen LogP contribution in [0.1, 0.15) is 26.3 Å². The Morgan fingerprint density at radius 1 is 1.25 bits per heavy atom. The Balaban J connectivity index is 1.51. The molecule has 9 heteroatoms. The quantitative estimate of drug-likeness (QED) is 0.655. The number of hydroxylamine groups is 1. The molecule has 1 saturated heterocycles. The van der Waals surface area contributed by atoms with E-state index in [2.05, 4.69) is 22.2 Å². The first-order valence-electron chi connectivity index (χ1n) is 10.3. The molecule has 3 aliphatic rings. The Morgan fingerprint density at radius 2 is 2.09 bits per heavy atom. The van der Waals surface area contributed by atoms with Crippen molar-refractivity contribution in [1.82, 2.24) is 5.48 Å². The summed E-state index contributed by atoms with van der Waals surface area (Å²) >= 11 is 0. The summed E-state index contributed by atoms with van der Waals surface area (Å²) in [7, 11) is 0. The third-order valence-electron chi connectivity index (χ3n) is 5.46. The van der Waals surface area contributed by atoms with Gasteiger partial charge in [0.05, 0.1) is 11.4 Å². The van der Waals surface area contributed by atoms with Crippen molar-refractivity contribution in [1.29, 1.82) is 5.26 Å². The molecule has 2 aromatic rings. The van der Waals surface area contributed by atoms with Crippen molar-refractivity contribution in [3.63, 3.8) is 0 Å². The van der Waals surface area contributed by atoms with E-state index in [4.69, 9.17) is 19.3 Å². The van der Waals surface area contributed by atoms with Crippen LogP contribution in [-0.4, -0.2) is 24.5 Å². The van der Waals surface area contributed by atoms with E-state index in [1.807, 2.05) is 55.1 Å². The highest BCUT2D eigenvalue weighted by atomic mass is 16.7. The van der Waals surface area contributed by atoms with E-state index in [0.29, 0.717) is 12.5 Å². The number of allylic oxidation sites excluding steroid dienone is 1. The van der Waals surface area contributed by atoms with Gasteiger partial charge in [-0.1, -0.05) is 6.07 Å². The van der Waals surface area contributed by atoms with Crippen molar-refractivity contribution in [2.24, 2.45) is 4.99 Å². The van der Waals surface area contributed by atoms with E-state index in [1.54, 1.807) is 20.1 Å². The number of hydrogen-bond donors (Lipinski definition) is 3. The molecule has 1 unspecified atom stereocenters. The lowest BCUT2D eigenvalue weighted by Crippen LogP contribution is -2.51. The molecule has 2 aromatic carbocycles. The number of aliphatic imine (C=N–C) groups is 1. The highest BCUT2D eigenvalue weighted by Crippen LogP contribution is 2.42. The van der Waals surface area contributed by atoms with E-state index >= 15 is 0 Å². The maximum atomic E-state index is 9.35. The second-order valence-electron chi connectivity index (χ2n) is 8.41. The molecule has 32 heavy (non-hydrogen) atoms. The molecule has 0 aromatic heterocycles. The van der Waals surface area contributed by atoms with E-state index in [0.717, 1.165) is 39.8 Å². The zero-order valence-corrected chi connectivity index (χ0v) is 18.3. The summed E-state index contributed by atoms with van der Waals surface area (Å²) in [5.74, 6) is 0.977. The highest BCUT2D eigenvalue weighted by Gasteiger charge is 2.49. The highest BCUT2D eigenvalue weighted by molar-refractivity contribution is 5.85. The second kappa shape index (κ2) is 7.07. The smallest absolute Gasteiger partial charge is 0.351 e. The number of nitrogens with zero attached hydrogens (tertiary/aromatic N) is 3. The number of rotatable bonds is 5. The second-order valence-corrected chi connectivity index (χ2v) is 8.41. The lowest BCUT2D eigenvalue weighted by Gasteiger charge is -2.36. The van der Waals surface area contributed by atoms with Gasteiger partial charge in [-0.25, -0.2) is 15.3 Å². The topological polar surface area (TPSA) is 103 Å². The van der Waals surface area contributed by atoms with Crippen molar-refractivity contribution in [3.8, 4) is 17.6 Å². The maximum absolute atomic E-state index is 9.35. The Morgan fingerprint density at radius 3 is 2.91 bits per heavy atom. The van der Waals surface area contributed by atoms with Gasteiger partial charge < -0.3 is 20.1 Å². The summed E-state index contributed by atoms with van der Waals surface area (Å²) in [4.78, 5) is 12.6. The molecule has 9 nitrogen and oxygen atoms in total. The summed E-state index contributed by atoms with van der Waals surface area (Å²) in [6.45, 7) is 7.81. The number of nitrogens with one attached hydrogen (secondary N) is 3. The normalized spacial score (nSPS) is 20.8. The summed E-state index contributed by atoms with van der Waals surface area (Å²) in [5, 5.41) is 16.0. The van der Waals surface area contributed by atoms with Gasteiger partial charge in [-0.2, -0.15) is 5.26 Å². The van der Waals surface area contributed by atoms with Crippen LogP contribution in [0.15, 0.2) is 52.8 Å². The van der Waals surface area contributed by atoms with E-state index in [9.17, 15) is 5.26 Å². The van der Waals surface area contributed by atoms with Crippen LogP contribution in [0, 0.1) is 18.3 Å². The van der Waals surface area contributed by atoms with Crippen LogP contribution in [0.2, 0.25) is 0 Å². The standard InChI is InChI=1S/C23H24N6O3/c1-14-5-6-16(9-20(14)31-22(3,4)12-24)27-23-26-11-15(2)21(28-32-23)29(23)17-7-8-19-18(10-17)25-13-30-19/h5-11,25,27-28H,13H2,1-4H3. The fraction of sp³-hybridized carbons (Fsp3) is 0.304. The van der Waals surface area contributed by atoms with Gasteiger partial charge in [0.25, 0.3) is 0 Å².